The highest BCUT2D eigenvalue weighted by molar-refractivity contribution is 7.09. The minimum Gasteiger partial charge on any atom is -0.346 e. The molecule has 0 bridgehead atoms. The van der Waals surface area contributed by atoms with Crippen LogP contribution in [0.2, 0.25) is 0 Å². The average Bonchev–Trinajstić information content (AvgIpc) is 3.27. The molecule has 0 radical (unpaired) electrons. The molecule has 1 N–H and O–H groups in total. The number of carbonyl (C=O) groups excluding carboxylic acids is 1. The fraction of sp³-hybridized carbons (Fsp3) is 0.400. The lowest BCUT2D eigenvalue weighted by Gasteiger charge is -2.33. The van der Waals surface area contributed by atoms with Gasteiger partial charge in [0.05, 0.1) is 6.54 Å². The van der Waals surface area contributed by atoms with Crippen molar-refractivity contribution < 1.29 is 4.79 Å². The molecule has 0 aliphatic heterocycles. The zero-order chi connectivity index (χ0) is 18.5. The largest absolute Gasteiger partial charge is 0.346 e. The van der Waals surface area contributed by atoms with E-state index in [1.165, 1.54) is 5.69 Å². The number of nitrogens with one attached hydrogen (secondary N) is 1. The van der Waals surface area contributed by atoms with Crippen LogP contribution in [0.4, 0.5) is 0 Å². The van der Waals surface area contributed by atoms with Gasteiger partial charge in [0, 0.05) is 42.3 Å². The molecule has 2 heterocycles. The Morgan fingerprint density at radius 2 is 2.23 bits per heavy atom. The second-order valence-corrected chi connectivity index (χ2v) is 7.62. The summed E-state index contributed by atoms with van der Waals surface area (Å²) < 4.78 is 1.87. The molecule has 0 aromatic carbocycles. The molecule has 6 heteroatoms. The van der Waals surface area contributed by atoms with Gasteiger partial charge >= 0.3 is 0 Å². The van der Waals surface area contributed by atoms with E-state index < -0.39 is 0 Å². The molecule has 0 saturated heterocycles. The number of hydrogen-bond acceptors (Lipinski definition) is 4. The molecule has 5 nitrogen and oxygen atoms in total. The fourth-order valence-electron chi connectivity index (χ4n) is 3.63. The third-order valence-corrected chi connectivity index (χ3v) is 5.77. The highest BCUT2D eigenvalue weighted by atomic mass is 32.1. The molecule has 138 valence electrons. The van der Waals surface area contributed by atoms with Crippen molar-refractivity contribution >= 4 is 17.2 Å². The molecule has 0 saturated carbocycles. The number of aryl methyl sites for hydroxylation is 1. The van der Waals surface area contributed by atoms with Crippen LogP contribution in [0.15, 0.2) is 42.8 Å². The van der Waals surface area contributed by atoms with Gasteiger partial charge in [-0.15, -0.1) is 24.5 Å². The summed E-state index contributed by atoms with van der Waals surface area (Å²) in [7, 11) is 1.93. The fourth-order valence-corrected chi connectivity index (χ4v) is 4.28. The van der Waals surface area contributed by atoms with Gasteiger partial charge in [-0.25, -0.2) is 0 Å². The van der Waals surface area contributed by atoms with Gasteiger partial charge in [0.1, 0.15) is 0 Å². The first-order chi connectivity index (χ1) is 12.6. The predicted octanol–water partition coefficient (Wildman–Crippen LogP) is 2.94. The summed E-state index contributed by atoms with van der Waals surface area (Å²) in [6.07, 6.45) is 6.69. The Kier molecular flexibility index (Phi) is 6.06. The monoisotopic (exact) mass is 370 g/mol. The third kappa shape index (κ3) is 3.97. The van der Waals surface area contributed by atoms with Crippen LogP contribution in [0.25, 0.3) is 0 Å². The predicted molar refractivity (Wildman–Crippen MR) is 106 cm³/mol. The summed E-state index contributed by atoms with van der Waals surface area (Å²) in [5.41, 5.74) is 2.84. The number of fused-ring (bicyclic) bond motifs is 1. The molecular formula is C20H26N4OS. The number of rotatable bonds is 8. The first kappa shape index (κ1) is 18.6. The number of hydrogen-bond donors (Lipinski definition) is 1. The normalized spacial score (nSPS) is 16.3. The van der Waals surface area contributed by atoms with E-state index in [-0.39, 0.29) is 5.91 Å². The molecular weight excluding hydrogens is 344 g/mol. The van der Waals surface area contributed by atoms with Crippen molar-refractivity contribution in [3.05, 3.63) is 64.7 Å². The van der Waals surface area contributed by atoms with Crippen molar-refractivity contribution in [2.24, 2.45) is 7.05 Å². The minimum atomic E-state index is -0.0881. The summed E-state index contributed by atoms with van der Waals surface area (Å²) in [4.78, 5) is 16.2. The van der Waals surface area contributed by atoms with Crippen LogP contribution < -0.4 is 5.32 Å². The van der Waals surface area contributed by atoms with Crippen LogP contribution in [-0.2, 0) is 26.4 Å². The molecule has 0 fully saturated rings. The SMILES string of the molecule is C=CCN(CC=C)C1CCc2c(c(C(=O)NCc3cccs3)nn2C)C1. The second kappa shape index (κ2) is 8.47. The zero-order valence-electron chi connectivity index (χ0n) is 15.3. The van der Waals surface area contributed by atoms with Gasteiger partial charge < -0.3 is 5.32 Å². The first-order valence-electron chi connectivity index (χ1n) is 8.95. The molecule has 0 spiro atoms. The van der Waals surface area contributed by atoms with Gasteiger partial charge in [-0.3, -0.25) is 14.4 Å². The van der Waals surface area contributed by atoms with Crippen LogP contribution in [0.1, 0.15) is 33.0 Å². The Morgan fingerprint density at radius 1 is 1.46 bits per heavy atom. The first-order valence-corrected chi connectivity index (χ1v) is 9.83. The smallest absolute Gasteiger partial charge is 0.272 e. The third-order valence-electron chi connectivity index (χ3n) is 4.89. The highest BCUT2D eigenvalue weighted by Gasteiger charge is 2.30. The zero-order valence-corrected chi connectivity index (χ0v) is 16.1. The van der Waals surface area contributed by atoms with Crippen molar-refractivity contribution in [2.45, 2.75) is 31.8 Å². The van der Waals surface area contributed by atoms with Crippen LogP contribution in [0.3, 0.4) is 0 Å². The van der Waals surface area contributed by atoms with E-state index in [9.17, 15) is 4.79 Å². The Bertz CT molecular complexity index is 768. The maximum Gasteiger partial charge on any atom is 0.272 e. The van der Waals surface area contributed by atoms with Crippen molar-refractivity contribution in [1.29, 1.82) is 0 Å². The minimum absolute atomic E-state index is 0.0881. The quantitative estimate of drug-likeness (QED) is 0.727. The summed E-state index contributed by atoms with van der Waals surface area (Å²) in [6.45, 7) is 9.93. The molecule has 2 aromatic rings. The average molecular weight is 371 g/mol. The van der Waals surface area contributed by atoms with Crippen molar-refractivity contribution in [3.8, 4) is 0 Å². The maximum absolute atomic E-state index is 12.7. The lowest BCUT2D eigenvalue weighted by molar-refractivity contribution is 0.0944. The summed E-state index contributed by atoms with van der Waals surface area (Å²) in [5, 5.41) is 9.55. The molecule has 1 unspecified atom stereocenters. The number of nitrogens with zero attached hydrogens (tertiary/aromatic N) is 3. The van der Waals surface area contributed by atoms with Crippen LogP contribution in [0.5, 0.6) is 0 Å². The topological polar surface area (TPSA) is 50.2 Å². The van der Waals surface area contributed by atoms with Gasteiger partial charge in [0.25, 0.3) is 5.91 Å². The molecule has 1 aliphatic carbocycles. The number of carbonyl (C=O) groups is 1. The van der Waals surface area contributed by atoms with Crippen molar-refractivity contribution in [3.63, 3.8) is 0 Å². The number of aromatic nitrogens is 2. The van der Waals surface area contributed by atoms with Crippen LogP contribution in [-0.4, -0.2) is 39.7 Å². The van der Waals surface area contributed by atoms with Crippen molar-refractivity contribution in [2.75, 3.05) is 13.1 Å². The van der Waals surface area contributed by atoms with E-state index >= 15 is 0 Å². The Morgan fingerprint density at radius 3 is 2.88 bits per heavy atom. The highest BCUT2D eigenvalue weighted by Crippen LogP contribution is 2.27. The van der Waals surface area contributed by atoms with E-state index in [1.54, 1.807) is 11.3 Å². The second-order valence-electron chi connectivity index (χ2n) is 6.59. The van der Waals surface area contributed by atoms with Crippen LogP contribution in [0, 0.1) is 0 Å². The van der Waals surface area contributed by atoms with Gasteiger partial charge in [-0.05, 0) is 30.7 Å². The molecule has 3 rings (SSSR count). The Labute approximate surface area is 159 Å². The van der Waals surface area contributed by atoms with Gasteiger partial charge in [-0.2, -0.15) is 5.10 Å². The number of thiophene rings is 1. The van der Waals surface area contributed by atoms with Gasteiger partial charge in [0.15, 0.2) is 5.69 Å². The molecule has 1 atom stereocenters. The standard InChI is InChI=1S/C20H26N4OS/c1-4-10-24(11-5-2)15-8-9-18-17(13-15)19(22-23(18)3)20(25)21-14-16-7-6-12-26-16/h4-7,12,15H,1-2,8-11,13-14H2,3H3,(H,21,25). The van der Waals surface area contributed by atoms with E-state index in [4.69, 9.17) is 0 Å². The van der Waals surface area contributed by atoms with Crippen LogP contribution >= 0.6 is 11.3 Å². The lowest BCUT2D eigenvalue weighted by atomic mass is 9.90. The van der Waals surface area contributed by atoms with E-state index in [0.717, 1.165) is 42.8 Å². The molecule has 26 heavy (non-hydrogen) atoms. The molecule has 1 aliphatic rings. The summed E-state index contributed by atoms with van der Waals surface area (Å²) in [5.74, 6) is -0.0881. The van der Waals surface area contributed by atoms with E-state index in [2.05, 4.69) is 28.5 Å². The van der Waals surface area contributed by atoms with Crippen molar-refractivity contribution in [1.82, 2.24) is 20.0 Å². The van der Waals surface area contributed by atoms with E-state index in [1.807, 2.05) is 41.4 Å². The number of amides is 1. The summed E-state index contributed by atoms with van der Waals surface area (Å²) in [6, 6.07) is 4.40. The lowest BCUT2D eigenvalue weighted by Crippen LogP contribution is -2.40. The maximum atomic E-state index is 12.7. The van der Waals surface area contributed by atoms with Gasteiger partial charge in [-0.1, -0.05) is 18.2 Å². The molecule has 2 aromatic heterocycles. The van der Waals surface area contributed by atoms with Gasteiger partial charge in [0.2, 0.25) is 0 Å². The Balaban J connectivity index is 1.76. The Hall–Kier alpha value is -2.18. The van der Waals surface area contributed by atoms with E-state index in [0.29, 0.717) is 18.3 Å². The summed E-state index contributed by atoms with van der Waals surface area (Å²) >= 11 is 1.64. The molecule has 1 amide bonds.